The lowest BCUT2D eigenvalue weighted by Crippen LogP contribution is -2.07. The van der Waals surface area contributed by atoms with E-state index in [2.05, 4.69) is 15.2 Å². The number of hydrogen-bond donors (Lipinski definition) is 1. The lowest BCUT2D eigenvalue weighted by molar-refractivity contribution is 0.931. The lowest BCUT2D eigenvalue weighted by atomic mass is 10.4. The Kier molecular flexibility index (Phi) is 2.83. The van der Waals surface area contributed by atoms with E-state index in [-0.39, 0.29) is 0 Å². The Bertz CT molecular complexity index is 259. The van der Waals surface area contributed by atoms with E-state index in [9.17, 15) is 0 Å². The first-order valence-electron chi connectivity index (χ1n) is 3.63. The molecule has 0 radical (unpaired) electrons. The molecule has 2 heterocycles. The van der Waals surface area contributed by atoms with Crippen LogP contribution >= 0.6 is 35.1 Å². The molecule has 0 aliphatic carbocycles. The number of nitrogens with one attached hydrogen (secondary N) is 1. The van der Waals surface area contributed by atoms with Crippen LogP contribution in [0.1, 0.15) is 11.1 Å². The summed E-state index contributed by atoms with van der Waals surface area (Å²) in [4.78, 5) is 4.10. The molecule has 12 heavy (non-hydrogen) atoms. The smallest absolute Gasteiger partial charge is 0.242 e. The Labute approximate surface area is 84.1 Å². The van der Waals surface area contributed by atoms with Crippen LogP contribution in [-0.2, 0) is 0 Å². The maximum atomic E-state index is 5.61. The molecule has 1 aromatic heterocycles. The highest BCUT2D eigenvalue weighted by molar-refractivity contribution is 8.06. The fraction of sp³-hybridized carbons (Fsp3) is 0.667. The van der Waals surface area contributed by atoms with Crippen molar-refractivity contribution in [2.45, 2.75) is 5.25 Å². The predicted molar refractivity (Wildman–Crippen MR) is 53.9 cm³/mol. The van der Waals surface area contributed by atoms with Gasteiger partial charge in [0.2, 0.25) is 5.28 Å². The summed E-state index contributed by atoms with van der Waals surface area (Å²) in [6.45, 7) is 0. The molecule has 66 valence electrons. The first-order chi connectivity index (χ1) is 5.86. The number of H-pyrrole nitrogens is 1. The standard InChI is InChI=1S/C6H8ClN3S2/c7-6-8-5(9-10-6)4-3-11-1-2-12-4/h4H,1-3H2,(H,8,9,10). The highest BCUT2D eigenvalue weighted by atomic mass is 35.5. The Balaban J connectivity index is 2.08. The molecule has 2 rings (SSSR count). The highest BCUT2D eigenvalue weighted by Gasteiger charge is 2.19. The Morgan fingerprint density at radius 3 is 3.00 bits per heavy atom. The van der Waals surface area contributed by atoms with E-state index in [1.807, 2.05) is 23.5 Å². The van der Waals surface area contributed by atoms with Gasteiger partial charge >= 0.3 is 0 Å². The van der Waals surface area contributed by atoms with Crippen molar-refractivity contribution in [2.24, 2.45) is 0 Å². The third-order valence-electron chi connectivity index (χ3n) is 1.60. The first-order valence-corrected chi connectivity index (χ1v) is 6.21. The van der Waals surface area contributed by atoms with Crippen molar-refractivity contribution >= 4 is 35.1 Å². The molecule has 3 nitrogen and oxygen atoms in total. The molecular weight excluding hydrogens is 214 g/mol. The molecule has 0 spiro atoms. The molecule has 0 amide bonds. The molecule has 0 bridgehead atoms. The van der Waals surface area contributed by atoms with Gasteiger partial charge in [0, 0.05) is 17.3 Å². The summed E-state index contributed by atoms with van der Waals surface area (Å²) in [5, 5.41) is 7.41. The van der Waals surface area contributed by atoms with Gasteiger partial charge in [-0.3, -0.25) is 5.10 Å². The van der Waals surface area contributed by atoms with Crippen LogP contribution in [0.25, 0.3) is 0 Å². The van der Waals surface area contributed by atoms with Crippen molar-refractivity contribution in [2.75, 3.05) is 17.3 Å². The normalized spacial score (nSPS) is 24.2. The quantitative estimate of drug-likeness (QED) is 0.788. The molecule has 1 fully saturated rings. The number of rotatable bonds is 1. The molecule has 6 heteroatoms. The van der Waals surface area contributed by atoms with Crippen LogP contribution in [-0.4, -0.2) is 32.4 Å². The average molecular weight is 222 g/mol. The van der Waals surface area contributed by atoms with Crippen LogP contribution in [0, 0.1) is 0 Å². The number of thioether (sulfide) groups is 2. The maximum absolute atomic E-state index is 5.61. The molecule has 0 aromatic carbocycles. The van der Waals surface area contributed by atoms with Gasteiger partial charge in [-0.05, 0) is 11.6 Å². The molecule has 1 atom stereocenters. The molecule has 1 unspecified atom stereocenters. The van der Waals surface area contributed by atoms with Crippen molar-refractivity contribution in [1.82, 2.24) is 15.2 Å². The van der Waals surface area contributed by atoms with E-state index in [4.69, 9.17) is 11.6 Å². The van der Waals surface area contributed by atoms with Gasteiger partial charge in [0.25, 0.3) is 0 Å². The van der Waals surface area contributed by atoms with Crippen LogP contribution in [0.5, 0.6) is 0 Å². The summed E-state index contributed by atoms with van der Waals surface area (Å²) in [6.07, 6.45) is 0. The van der Waals surface area contributed by atoms with Crippen molar-refractivity contribution in [3.05, 3.63) is 11.1 Å². The average Bonchev–Trinajstić information content (AvgIpc) is 2.54. The second-order valence-electron chi connectivity index (χ2n) is 2.42. The van der Waals surface area contributed by atoms with Crippen LogP contribution < -0.4 is 0 Å². The van der Waals surface area contributed by atoms with E-state index in [0.717, 1.165) is 11.6 Å². The summed E-state index contributed by atoms with van der Waals surface area (Å²) in [6, 6.07) is 0. The minimum atomic E-state index is 0.321. The summed E-state index contributed by atoms with van der Waals surface area (Å²) < 4.78 is 0. The Hall–Kier alpha value is 0.130. The second-order valence-corrected chi connectivity index (χ2v) is 5.22. The third kappa shape index (κ3) is 1.89. The van der Waals surface area contributed by atoms with Gasteiger partial charge in [-0.25, -0.2) is 4.98 Å². The maximum Gasteiger partial charge on any atom is 0.242 e. The minimum Gasteiger partial charge on any atom is -0.261 e. The van der Waals surface area contributed by atoms with E-state index in [1.54, 1.807) is 0 Å². The van der Waals surface area contributed by atoms with E-state index < -0.39 is 0 Å². The molecular formula is C6H8ClN3S2. The van der Waals surface area contributed by atoms with Crippen molar-refractivity contribution < 1.29 is 0 Å². The number of hydrogen-bond acceptors (Lipinski definition) is 4. The summed E-state index contributed by atoms with van der Waals surface area (Å²) >= 11 is 9.48. The number of aromatic nitrogens is 3. The van der Waals surface area contributed by atoms with Gasteiger partial charge in [-0.1, -0.05) is 0 Å². The highest BCUT2D eigenvalue weighted by Crippen LogP contribution is 2.34. The fourth-order valence-corrected chi connectivity index (χ4v) is 3.79. The zero-order valence-corrected chi connectivity index (χ0v) is 8.68. The van der Waals surface area contributed by atoms with E-state index in [0.29, 0.717) is 10.5 Å². The van der Waals surface area contributed by atoms with E-state index in [1.165, 1.54) is 11.5 Å². The summed E-state index contributed by atoms with van der Waals surface area (Å²) in [5.41, 5.74) is 0. The Morgan fingerprint density at radius 2 is 2.42 bits per heavy atom. The van der Waals surface area contributed by atoms with Gasteiger partial charge in [0.15, 0.2) is 0 Å². The van der Waals surface area contributed by atoms with Gasteiger partial charge in [0.05, 0.1) is 5.25 Å². The summed E-state index contributed by atoms with van der Waals surface area (Å²) in [7, 11) is 0. The van der Waals surface area contributed by atoms with Crippen LogP contribution in [0.15, 0.2) is 0 Å². The second kappa shape index (κ2) is 3.89. The largest absolute Gasteiger partial charge is 0.261 e. The number of nitrogens with zero attached hydrogens (tertiary/aromatic N) is 2. The predicted octanol–water partition coefficient (Wildman–Crippen LogP) is 1.98. The van der Waals surface area contributed by atoms with Crippen LogP contribution in [0.2, 0.25) is 5.28 Å². The third-order valence-corrected chi connectivity index (χ3v) is 4.53. The SMILES string of the molecule is Clc1n[nH]c(C2CSCCS2)n1. The minimum absolute atomic E-state index is 0.321. The van der Waals surface area contributed by atoms with Gasteiger partial charge in [0.1, 0.15) is 5.82 Å². The van der Waals surface area contributed by atoms with Crippen molar-refractivity contribution in [3.63, 3.8) is 0 Å². The topological polar surface area (TPSA) is 41.6 Å². The molecule has 0 saturated carbocycles. The molecule has 1 aliphatic heterocycles. The molecule has 1 saturated heterocycles. The van der Waals surface area contributed by atoms with Gasteiger partial charge in [-0.2, -0.15) is 11.8 Å². The van der Waals surface area contributed by atoms with Crippen molar-refractivity contribution in [3.8, 4) is 0 Å². The molecule has 1 aromatic rings. The Morgan fingerprint density at radius 1 is 1.50 bits per heavy atom. The van der Waals surface area contributed by atoms with Crippen LogP contribution in [0.4, 0.5) is 0 Å². The number of halogens is 1. The molecule has 1 aliphatic rings. The fourth-order valence-electron chi connectivity index (χ4n) is 1.04. The zero-order chi connectivity index (χ0) is 8.39. The van der Waals surface area contributed by atoms with E-state index >= 15 is 0 Å². The van der Waals surface area contributed by atoms with Crippen molar-refractivity contribution in [1.29, 1.82) is 0 Å². The first kappa shape index (κ1) is 8.72. The van der Waals surface area contributed by atoms with Gasteiger partial charge in [-0.15, -0.1) is 16.9 Å². The monoisotopic (exact) mass is 221 g/mol. The van der Waals surface area contributed by atoms with Gasteiger partial charge < -0.3 is 0 Å². The lowest BCUT2D eigenvalue weighted by Gasteiger charge is -2.17. The zero-order valence-electron chi connectivity index (χ0n) is 6.29. The molecule has 1 N–H and O–H groups in total. The summed E-state index contributed by atoms with van der Waals surface area (Å²) in [5.74, 6) is 4.45. The number of aromatic amines is 1. The van der Waals surface area contributed by atoms with Crippen LogP contribution in [0.3, 0.4) is 0 Å².